The summed E-state index contributed by atoms with van der Waals surface area (Å²) in [6, 6.07) is 22.6. The highest BCUT2D eigenvalue weighted by Gasteiger charge is 2.07. The molecule has 0 saturated carbocycles. The highest BCUT2D eigenvalue weighted by Crippen LogP contribution is 2.24. The van der Waals surface area contributed by atoms with E-state index in [1.54, 1.807) is 7.11 Å². The minimum Gasteiger partial charge on any atom is -0.497 e. The summed E-state index contributed by atoms with van der Waals surface area (Å²) in [6.45, 7) is 4.95. The van der Waals surface area contributed by atoms with Crippen LogP contribution in [0.5, 0.6) is 11.5 Å². The lowest BCUT2D eigenvalue weighted by atomic mass is 10.0. The quantitative estimate of drug-likeness (QED) is 0.433. The van der Waals surface area contributed by atoms with Crippen molar-refractivity contribution in [1.29, 1.82) is 0 Å². The van der Waals surface area contributed by atoms with Gasteiger partial charge in [0.1, 0.15) is 24.4 Å². The molecule has 0 amide bonds. The van der Waals surface area contributed by atoms with Crippen molar-refractivity contribution in [3.8, 4) is 17.2 Å². The number of hydrogen-bond donors (Lipinski definition) is 0. The third kappa shape index (κ3) is 3.72. The Hall–Kier alpha value is -3.27. The van der Waals surface area contributed by atoms with Gasteiger partial charge >= 0.3 is 0 Å². The Morgan fingerprint density at radius 2 is 1.61 bits per heavy atom. The first kappa shape index (κ1) is 18.1. The summed E-state index contributed by atoms with van der Waals surface area (Å²) in [5.74, 6) is 2.20. The number of imidazole rings is 1. The van der Waals surface area contributed by atoms with E-state index in [0.717, 1.165) is 33.8 Å². The van der Waals surface area contributed by atoms with Crippen molar-refractivity contribution in [2.24, 2.45) is 0 Å². The van der Waals surface area contributed by atoms with Crippen LogP contribution >= 0.6 is 0 Å². The van der Waals surface area contributed by atoms with Crippen LogP contribution in [0, 0.1) is 0 Å². The number of nitrogens with zero attached hydrogens (tertiary/aromatic N) is 2. The van der Waals surface area contributed by atoms with Crippen LogP contribution in [0.1, 0.15) is 30.9 Å². The molecular weight excluding hydrogens is 348 g/mol. The third-order valence-electron chi connectivity index (χ3n) is 4.92. The van der Waals surface area contributed by atoms with Crippen LogP contribution in [-0.4, -0.2) is 16.7 Å². The minimum atomic E-state index is 0.540. The molecule has 0 saturated heterocycles. The normalized spacial score (nSPS) is 11.1. The molecule has 3 aromatic carbocycles. The molecule has 0 fully saturated rings. The van der Waals surface area contributed by atoms with Crippen molar-refractivity contribution in [3.63, 3.8) is 0 Å². The van der Waals surface area contributed by atoms with Crippen molar-refractivity contribution in [2.45, 2.75) is 26.4 Å². The summed E-state index contributed by atoms with van der Waals surface area (Å²) >= 11 is 0. The van der Waals surface area contributed by atoms with Crippen LogP contribution in [-0.2, 0) is 6.61 Å². The smallest absolute Gasteiger partial charge is 0.122 e. The molecular formula is C24H24N2O2. The first-order chi connectivity index (χ1) is 13.6. The van der Waals surface area contributed by atoms with Crippen LogP contribution < -0.4 is 9.47 Å². The van der Waals surface area contributed by atoms with Crippen molar-refractivity contribution >= 4 is 11.0 Å². The highest BCUT2D eigenvalue weighted by atomic mass is 16.5. The van der Waals surface area contributed by atoms with Crippen molar-refractivity contribution < 1.29 is 9.47 Å². The molecule has 28 heavy (non-hydrogen) atoms. The molecule has 4 aromatic rings. The molecule has 0 atom stereocenters. The Morgan fingerprint density at radius 1 is 0.893 bits per heavy atom. The van der Waals surface area contributed by atoms with Crippen molar-refractivity contribution in [1.82, 2.24) is 9.55 Å². The summed E-state index contributed by atoms with van der Waals surface area (Å²) in [5, 5.41) is 0. The second-order valence-corrected chi connectivity index (χ2v) is 7.15. The van der Waals surface area contributed by atoms with Gasteiger partial charge < -0.3 is 9.47 Å². The molecule has 0 unspecified atom stereocenters. The maximum atomic E-state index is 5.98. The number of benzene rings is 3. The second kappa shape index (κ2) is 7.77. The zero-order chi connectivity index (χ0) is 19.5. The monoisotopic (exact) mass is 372 g/mol. The number of fused-ring (bicyclic) bond motifs is 1. The fraction of sp³-hybridized carbons (Fsp3) is 0.208. The summed E-state index contributed by atoms with van der Waals surface area (Å²) in [5.41, 5.74) is 5.49. The van der Waals surface area contributed by atoms with Gasteiger partial charge in [-0.15, -0.1) is 0 Å². The Kier molecular flexibility index (Phi) is 5.02. The zero-order valence-corrected chi connectivity index (χ0v) is 16.4. The molecule has 0 radical (unpaired) electrons. The van der Waals surface area contributed by atoms with E-state index in [0.29, 0.717) is 12.5 Å². The molecule has 0 aliphatic carbocycles. The van der Waals surface area contributed by atoms with Gasteiger partial charge in [-0.25, -0.2) is 4.98 Å². The molecule has 0 bridgehead atoms. The van der Waals surface area contributed by atoms with Gasteiger partial charge in [-0.05, 0) is 53.4 Å². The lowest BCUT2D eigenvalue weighted by Gasteiger charge is -2.09. The van der Waals surface area contributed by atoms with Gasteiger partial charge in [0.05, 0.1) is 18.1 Å². The first-order valence-corrected chi connectivity index (χ1v) is 9.47. The van der Waals surface area contributed by atoms with Crippen LogP contribution in [0.2, 0.25) is 0 Å². The lowest BCUT2D eigenvalue weighted by Crippen LogP contribution is -1.97. The van der Waals surface area contributed by atoms with E-state index in [1.807, 2.05) is 48.8 Å². The molecule has 4 rings (SSSR count). The summed E-state index contributed by atoms with van der Waals surface area (Å²) in [4.78, 5) is 4.54. The van der Waals surface area contributed by atoms with E-state index >= 15 is 0 Å². The maximum Gasteiger partial charge on any atom is 0.122 e. The fourth-order valence-corrected chi connectivity index (χ4v) is 3.20. The topological polar surface area (TPSA) is 36.3 Å². The molecule has 0 spiro atoms. The van der Waals surface area contributed by atoms with E-state index in [9.17, 15) is 0 Å². The zero-order valence-electron chi connectivity index (χ0n) is 16.4. The lowest BCUT2D eigenvalue weighted by molar-refractivity contribution is 0.306. The molecule has 1 aromatic heterocycles. The predicted octanol–water partition coefficient (Wildman–Crippen LogP) is 5.74. The van der Waals surface area contributed by atoms with Crippen LogP contribution in [0.15, 0.2) is 73.1 Å². The third-order valence-corrected chi connectivity index (χ3v) is 4.92. The molecule has 0 N–H and O–H groups in total. The largest absolute Gasteiger partial charge is 0.497 e. The van der Waals surface area contributed by atoms with Gasteiger partial charge in [0, 0.05) is 11.8 Å². The van der Waals surface area contributed by atoms with E-state index in [2.05, 4.69) is 47.7 Å². The Bertz CT molecular complexity index is 1060. The van der Waals surface area contributed by atoms with E-state index < -0.39 is 0 Å². The van der Waals surface area contributed by atoms with Gasteiger partial charge in [-0.2, -0.15) is 0 Å². The minimum absolute atomic E-state index is 0.540. The van der Waals surface area contributed by atoms with Crippen LogP contribution in [0.4, 0.5) is 0 Å². The van der Waals surface area contributed by atoms with E-state index in [-0.39, 0.29) is 0 Å². The van der Waals surface area contributed by atoms with Gasteiger partial charge in [0.2, 0.25) is 0 Å². The van der Waals surface area contributed by atoms with Crippen LogP contribution in [0.25, 0.3) is 16.7 Å². The molecule has 142 valence electrons. The molecule has 4 heteroatoms. The number of ether oxygens (including phenoxy) is 2. The van der Waals surface area contributed by atoms with Crippen molar-refractivity contribution in [2.75, 3.05) is 7.11 Å². The molecule has 4 nitrogen and oxygen atoms in total. The fourth-order valence-electron chi connectivity index (χ4n) is 3.20. The Labute approximate surface area is 165 Å². The van der Waals surface area contributed by atoms with Gasteiger partial charge in [-0.1, -0.05) is 38.1 Å². The van der Waals surface area contributed by atoms with Gasteiger partial charge in [0.15, 0.2) is 0 Å². The second-order valence-electron chi connectivity index (χ2n) is 7.15. The number of rotatable bonds is 6. The van der Waals surface area contributed by atoms with E-state index in [1.165, 1.54) is 5.56 Å². The number of methoxy groups -OCH3 is 1. The predicted molar refractivity (Wildman–Crippen MR) is 112 cm³/mol. The SMILES string of the molecule is COc1ccc(-n2cnc3cc(OCc4ccc(C(C)C)cc4)ccc32)cc1. The molecule has 0 aliphatic rings. The van der Waals surface area contributed by atoms with Crippen molar-refractivity contribution in [3.05, 3.63) is 84.2 Å². The molecule has 1 heterocycles. The van der Waals surface area contributed by atoms with E-state index in [4.69, 9.17) is 9.47 Å². The highest BCUT2D eigenvalue weighted by molar-refractivity contribution is 5.79. The average molecular weight is 372 g/mol. The Morgan fingerprint density at radius 3 is 2.29 bits per heavy atom. The summed E-state index contributed by atoms with van der Waals surface area (Å²) in [7, 11) is 1.67. The maximum absolute atomic E-state index is 5.98. The van der Waals surface area contributed by atoms with Crippen LogP contribution in [0.3, 0.4) is 0 Å². The molecule has 0 aliphatic heterocycles. The van der Waals surface area contributed by atoms with Gasteiger partial charge in [-0.3, -0.25) is 4.57 Å². The number of hydrogen-bond acceptors (Lipinski definition) is 3. The number of aromatic nitrogens is 2. The average Bonchev–Trinajstić information content (AvgIpc) is 3.16. The first-order valence-electron chi connectivity index (χ1n) is 9.47. The summed E-state index contributed by atoms with van der Waals surface area (Å²) in [6.07, 6.45) is 1.83. The standard InChI is InChI=1S/C24H24N2O2/c1-17(2)19-6-4-18(5-7-19)15-28-22-12-13-24-23(14-22)25-16-26(24)20-8-10-21(27-3)11-9-20/h4-14,16-17H,15H2,1-3H3. The summed E-state index contributed by atoms with van der Waals surface area (Å²) < 4.78 is 13.3. The Balaban J connectivity index is 1.50. The van der Waals surface area contributed by atoms with Gasteiger partial charge in [0.25, 0.3) is 0 Å².